The van der Waals surface area contributed by atoms with Gasteiger partial charge in [0.2, 0.25) is 0 Å². The third-order valence-corrected chi connectivity index (χ3v) is 5.33. The van der Waals surface area contributed by atoms with E-state index in [1.807, 2.05) is 0 Å². The van der Waals surface area contributed by atoms with Gasteiger partial charge in [0.1, 0.15) is 5.75 Å². The van der Waals surface area contributed by atoms with Crippen LogP contribution in [0.2, 0.25) is 0 Å². The number of hydrogen-bond acceptors (Lipinski definition) is 3. The molecule has 0 radical (unpaired) electrons. The first-order valence-electron chi connectivity index (χ1n) is 12.5. The van der Waals surface area contributed by atoms with Crippen molar-refractivity contribution in [2.24, 2.45) is 5.92 Å². The van der Waals surface area contributed by atoms with Crippen LogP contribution >= 0.6 is 0 Å². The Balaban J connectivity index is 2.01. The van der Waals surface area contributed by atoms with E-state index in [-0.39, 0.29) is 27.5 Å². The predicted molar refractivity (Wildman–Crippen MR) is 96.7 cm³/mol. The number of benzene rings is 1. The molecule has 1 saturated heterocycles. The van der Waals surface area contributed by atoms with Gasteiger partial charge in [-0.15, -0.1) is 0 Å². The van der Waals surface area contributed by atoms with Gasteiger partial charge in [0.25, 0.3) is 0 Å². The maximum atomic E-state index is 11.6. The summed E-state index contributed by atoms with van der Waals surface area (Å²) in [5.74, 6) is 1.63. The van der Waals surface area contributed by atoms with E-state index in [0.29, 0.717) is 23.6 Å². The summed E-state index contributed by atoms with van der Waals surface area (Å²) in [5.41, 5.74) is 0.183. The second-order valence-electron chi connectivity index (χ2n) is 5.56. The van der Waals surface area contributed by atoms with Crippen molar-refractivity contribution in [3.8, 4) is 5.75 Å². The molecular weight excluding hydrogens is 308 g/mol. The van der Waals surface area contributed by atoms with Gasteiger partial charge in [0, 0.05) is 59.6 Å². The lowest BCUT2D eigenvalue weighted by Gasteiger charge is -2.21. The molecule has 2 heterocycles. The van der Waals surface area contributed by atoms with Crippen LogP contribution in [0.1, 0.15) is 32.1 Å². The highest BCUT2D eigenvalue weighted by Crippen LogP contribution is 2.30. The standard InChI is InChI=1S/C18H26N2O2S/c1-20(2)9-6-15-12-19-16-4-3-5-17(18(15)16)22-13-14-7-10-23(21)11-8-14/h3-5,12,14,19H,6-11,13H2,1-2H3/i1D3,2D3,6D2,9D2. The molecule has 1 aromatic carbocycles. The molecule has 1 N–H and O–H groups in total. The van der Waals surface area contributed by atoms with Crippen LogP contribution in [0.3, 0.4) is 0 Å². The van der Waals surface area contributed by atoms with Gasteiger partial charge in [-0.25, -0.2) is 0 Å². The van der Waals surface area contributed by atoms with Gasteiger partial charge in [-0.3, -0.25) is 4.21 Å². The van der Waals surface area contributed by atoms with Crippen molar-refractivity contribution < 1.29 is 22.7 Å². The number of likely N-dealkylation sites (N-methyl/N-ethyl adjacent to an activating group) is 1. The Labute approximate surface area is 154 Å². The molecule has 1 aromatic heterocycles. The summed E-state index contributed by atoms with van der Waals surface area (Å²) in [6.07, 6.45) is -0.373. The minimum Gasteiger partial charge on any atom is -0.493 e. The summed E-state index contributed by atoms with van der Waals surface area (Å²) in [4.78, 5) is 2.46. The van der Waals surface area contributed by atoms with Crippen LogP contribution in [-0.2, 0) is 17.2 Å². The number of hydrogen-bond donors (Lipinski definition) is 1. The van der Waals surface area contributed by atoms with Gasteiger partial charge in [0.05, 0.1) is 6.61 Å². The van der Waals surface area contributed by atoms with E-state index in [1.54, 1.807) is 18.2 Å². The quantitative estimate of drug-likeness (QED) is 0.876. The highest BCUT2D eigenvalue weighted by Gasteiger charge is 2.19. The van der Waals surface area contributed by atoms with Crippen molar-refractivity contribution in [1.29, 1.82) is 0 Å². The van der Waals surface area contributed by atoms with Crippen molar-refractivity contribution >= 4 is 21.7 Å². The van der Waals surface area contributed by atoms with Crippen LogP contribution in [0, 0.1) is 5.92 Å². The number of rotatable bonds is 6. The van der Waals surface area contributed by atoms with Gasteiger partial charge in [-0.1, -0.05) is 6.07 Å². The fraction of sp³-hybridized carbons (Fsp3) is 0.556. The van der Waals surface area contributed by atoms with Crippen LogP contribution in [0.25, 0.3) is 10.9 Å². The van der Waals surface area contributed by atoms with Crippen LogP contribution in [0.4, 0.5) is 0 Å². The summed E-state index contributed by atoms with van der Waals surface area (Å²) < 4.78 is 96.5. The number of ether oxygens (including phenoxy) is 1. The molecule has 0 aliphatic carbocycles. The Bertz CT molecular complexity index is 994. The lowest BCUT2D eigenvalue weighted by atomic mass is 10.0. The minimum absolute atomic E-state index is 0.171. The smallest absolute Gasteiger partial charge is 0.128 e. The fourth-order valence-electron chi connectivity index (χ4n) is 2.70. The van der Waals surface area contributed by atoms with Gasteiger partial charge in [-0.2, -0.15) is 0 Å². The highest BCUT2D eigenvalue weighted by molar-refractivity contribution is 7.85. The lowest BCUT2D eigenvalue weighted by Crippen LogP contribution is -2.23. The molecule has 126 valence electrons. The number of nitrogens with one attached hydrogen (secondary N) is 1. The number of aryl methyl sites for hydroxylation is 1. The maximum Gasteiger partial charge on any atom is 0.128 e. The summed E-state index contributed by atoms with van der Waals surface area (Å²) >= 11 is 0. The third-order valence-electron chi connectivity index (χ3n) is 3.95. The molecule has 0 spiro atoms. The van der Waals surface area contributed by atoms with Crippen LogP contribution < -0.4 is 4.74 Å². The molecule has 4 nitrogen and oxygen atoms in total. The topological polar surface area (TPSA) is 45.3 Å². The molecular formula is C18H26N2O2S. The number of aromatic amines is 1. The maximum absolute atomic E-state index is 11.6. The van der Waals surface area contributed by atoms with E-state index in [0.717, 1.165) is 12.8 Å². The first kappa shape index (κ1) is 8.17. The Morgan fingerprint density at radius 1 is 1.43 bits per heavy atom. The van der Waals surface area contributed by atoms with Gasteiger partial charge < -0.3 is 14.6 Å². The summed E-state index contributed by atoms with van der Waals surface area (Å²) in [7, 11) is -0.818. The number of aromatic nitrogens is 1. The molecule has 3 rings (SSSR count). The van der Waals surface area contributed by atoms with E-state index >= 15 is 0 Å². The van der Waals surface area contributed by atoms with E-state index in [1.165, 1.54) is 6.20 Å². The molecule has 2 aromatic rings. The zero-order valence-electron chi connectivity index (χ0n) is 22.6. The second-order valence-corrected chi connectivity index (χ2v) is 7.25. The molecule has 0 unspecified atom stereocenters. The lowest BCUT2D eigenvalue weighted by molar-refractivity contribution is 0.241. The zero-order chi connectivity index (χ0) is 24.8. The molecule has 0 bridgehead atoms. The van der Waals surface area contributed by atoms with E-state index in [4.69, 9.17) is 18.4 Å². The molecule has 1 fully saturated rings. The number of fused-ring (bicyclic) bond motifs is 1. The summed E-state index contributed by atoms with van der Waals surface area (Å²) in [6.45, 7) is -9.98. The molecule has 0 amide bonds. The van der Waals surface area contributed by atoms with Gasteiger partial charge in [-0.05, 0) is 56.8 Å². The molecule has 0 atom stereocenters. The van der Waals surface area contributed by atoms with Gasteiger partial charge >= 0.3 is 0 Å². The number of nitrogens with zero attached hydrogens (tertiary/aromatic N) is 1. The molecule has 0 saturated carbocycles. The van der Waals surface area contributed by atoms with Crippen LogP contribution in [0.15, 0.2) is 24.4 Å². The second kappa shape index (κ2) is 7.49. The normalized spacial score (nSPS) is 30.7. The highest BCUT2D eigenvalue weighted by atomic mass is 32.2. The van der Waals surface area contributed by atoms with Gasteiger partial charge in [0.15, 0.2) is 0 Å². The van der Waals surface area contributed by atoms with Crippen molar-refractivity contribution in [3.05, 3.63) is 30.0 Å². The summed E-state index contributed by atoms with van der Waals surface area (Å²) in [5, 5.41) is 0.210. The molecule has 1 aliphatic rings. The first-order valence-corrected chi connectivity index (χ1v) is 8.94. The SMILES string of the molecule is [2H]C([2H])([2H])N(C([2H])([2H])[2H])C([2H])([2H])C([2H])([2H])c1c[nH]c2cccc(OCC3CCS(=O)CC3)c12. The van der Waals surface area contributed by atoms with Crippen LogP contribution in [0.5, 0.6) is 5.75 Å². The largest absolute Gasteiger partial charge is 0.493 e. The Kier molecular flexibility index (Phi) is 2.66. The predicted octanol–water partition coefficient (Wildman–Crippen LogP) is 2.81. The zero-order valence-corrected chi connectivity index (χ0v) is 13.4. The molecule has 23 heavy (non-hydrogen) atoms. The Morgan fingerprint density at radius 3 is 3.04 bits per heavy atom. The van der Waals surface area contributed by atoms with E-state index in [9.17, 15) is 4.21 Å². The molecule has 1 aliphatic heterocycles. The monoisotopic (exact) mass is 344 g/mol. The number of H-pyrrole nitrogens is 1. The van der Waals surface area contributed by atoms with E-state index in [2.05, 4.69) is 4.98 Å². The fourth-order valence-corrected chi connectivity index (χ4v) is 4.10. The minimum atomic E-state index is -3.43. The summed E-state index contributed by atoms with van der Waals surface area (Å²) in [6, 6.07) is 4.90. The average molecular weight is 345 g/mol. The van der Waals surface area contributed by atoms with Crippen molar-refractivity contribution in [2.75, 3.05) is 38.6 Å². The Hall–Kier alpha value is -1.33. The Morgan fingerprint density at radius 2 is 2.26 bits per heavy atom. The van der Waals surface area contributed by atoms with E-state index < -0.39 is 37.6 Å². The third kappa shape index (κ3) is 4.15. The van der Waals surface area contributed by atoms with Crippen molar-refractivity contribution in [3.63, 3.8) is 0 Å². The van der Waals surface area contributed by atoms with Crippen molar-refractivity contribution in [2.45, 2.75) is 19.2 Å². The average Bonchev–Trinajstić information content (AvgIpc) is 3.10. The molecule has 5 heteroatoms. The first-order chi connectivity index (χ1) is 15.1. The van der Waals surface area contributed by atoms with Crippen molar-refractivity contribution in [1.82, 2.24) is 9.88 Å². The van der Waals surface area contributed by atoms with Crippen LogP contribution in [-0.4, -0.2) is 52.7 Å².